The first-order valence-electron chi connectivity index (χ1n) is 7.80. The van der Waals surface area contributed by atoms with Crippen LogP contribution in [0, 0.1) is 5.82 Å². The number of rotatable bonds is 5. The molecule has 1 fully saturated rings. The van der Waals surface area contributed by atoms with E-state index in [0.29, 0.717) is 17.9 Å². The Bertz CT molecular complexity index is 671. The van der Waals surface area contributed by atoms with Gasteiger partial charge in [0, 0.05) is 39.3 Å². The fourth-order valence-electron chi connectivity index (χ4n) is 2.62. The number of piperazine rings is 1. The van der Waals surface area contributed by atoms with Gasteiger partial charge >= 0.3 is 0 Å². The topological polar surface area (TPSA) is 57.5 Å². The predicted octanol–water partition coefficient (Wildman–Crippen LogP) is 2.14. The minimum Gasteiger partial charge on any atom is -0.451 e. The van der Waals surface area contributed by atoms with Crippen molar-refractivity contribution < 1.29 is 13.6 Å². The van der Waals surface area contributed by atoms with E-state index in [1.807, 2.05) is 0 Å². The second-order valence-corrected chi connectivity index (χ2v) is 5.49. The number of nitrogens with one attached hydrogen (secondary N) is 2. The van der Waals surface area contributed by atoms with Crippen LogP contribution in [-0.4, -0.2) is 50.1 Å². The summed E-state index contributed by atoms with van der Waals surface area (Å²) in [5, 5.41) is 6.13. The van der Waals surface area contributed by atoms with Crippen LogP contribution in [-0.2, 0) is 0 Å². The Hall–Kier alpha value is -1.89. The van der Waals surface area contributed by atoms with Crippen molar-refractivity contribution in [2.75, 3.05) is 39.3 Å². The van der Waals surface area contributed by atoms with E-state index >= 15 is 0 Å². The number of furan rings is 1. The molecule has 5 nitrogen and oxygen atoms in total. The zero-order valence-corrected chi connectivity index (χ0v) is 14.1. The summed E-state index contributed by atoms with van der Waals surface area (Å²) in [4.78, 5) is 14.4. The van der Waals surface area contributed by atoms with Crippen LogP contribution in [0.15, 0.2) is 40.8 Å². The zero-order valence-electron chi connectivity index (χ0n) is 13.3. The number of hydrogen-bond acceptors (Lipinski definition) is 4. The molecule has 1 aliphatic heterocycles. The van der Waals surface area contributed by atoms with Gasteiger partial charge in [-0.15, -0.1) is 12.4 Å². The van der Waals surface area contributed by atoms with E-state index in [-0.39, 0.29) is 29.9 Å². The van der Waals surface area contributed by atoms with Gasteiger partial charge in [0.05, 0.1) is 5.56 Å². The number of carbonyl (C=O) groups excluding carboxylic acids is 1. The maximum Gasteiger partial charge on any atom is 0.287 e. The normalized spacial score (nSPS) is 14.9. The first-order chi connectivity index (χ1) is 11.2. The Balaban J connectivity index is 0.00000208. The van der Waals surface area contributed by atoms with E-state index in [4.69, 9.17) is 4.42 Å². The summed E-state index contributed by atoms with van der Waals surface area (Å²) >= 11 is 0. The van der Waals surface area contributed by atoms with Crippen LogP contribution in [0.5, 0.6) is 0 Å². The van der Waals surface area contributed by atoms with Crippen molar-refractivity contribution in [3.05, 3.63) is 48.0 Å². The lowest BCUT2D eigenvalue weighted by molar-refractivity contribution is 0.0920. The van der Waals surface area contributed by atoms with Gasteiger partial charge in [0.15, 0.2) is 5.76 Å². The van der Waals surface area contributed by atoms with E-state index in [1.165, 1.54) is 6.07 Å². The van der Waals surface area contributed by atoms with Crippen LogP contribution in [0.25, 0.3) is 11.3 Å². The first-order valence-corrected chi connectivity index (χ1v) is 7.80. The van der Waals surface area contributed by atoms with Crippen molar-refractivity contribution in [1.82, 2.24) is 15.5 Å². The molecule has 24 heavy (non-hydrogen) atoms. The lowest BCUT2D eigenvalue weighted by Crippen LogP contribution is -2.46. The largest absolute Gasteiger partial charge is 0.451 e. The lowest BCUT2D eigenvalue weighted by Gasteiger charge is -2.26. The average Bonchev–Trinajstić information content (AvgIpc) is 3.06. The van der Waals surface area contributed by atoms with Crippen molar-refractivity contribution in [2.45, 2.75) is 0 Å². The Labute approximate surface area is 146 Å². The molecule has 1 aromatic heterocycles. The minimum atomic E-state index is -0.368. The van der Waals surface area contributed by atoms with Gasteiger partial charge in [-0.05, 0) is 24.3 Å². The molecule has 0 atom stereocenters. The van der Waals surface area contributed by atoms with E-state index in [9.17, 15) is 9.18 Å². The Morgan fingerprint density at radius 3 is 2.71 bits per heavy atom. The van der Waals surface area contributed by atoms with Crippen LogP contribution >= 0.6 is 12.4 Å². The van der Waals surface area contributed by atoms with Crippen molar-refractivity contribution in [3.8, 4) is 11.3 Å². The standard InChI is InChI=1S/C17H20FN3O2.ClH/c18-14-4-2-1-3-13(14)15-5-6-16(23-15)17(22)20-9-12-21-10-7-19-8-11-21;/h1-6,19H,7-12H2,(H,20,22);1H. The van der Waals surface area contributed by atoms with Crippen molar-refractivity contribution in [3.63, 3.8) is 0 Å². The summed E-state index contributed by atoms with van der Waals surface area (Å²) in [5.74, 6) is -0.0887. The zero-order chi connectivity index (χ0) is 16.1. The van der Waals surface area contributed by atoms with E-state index < -0.39 is 0 Å². The Kier molecular flexibility index (Phi) is 6.78. The molecule has 0 unspecified atom stereocenters. The van der Waals surface area contributed by atoms with Crippen LogP contribution in [0.3, 0.4) is 0 Å². The Morgan fingerprint density at radius 1 is 1.21 bits per heavy atom. The molecule has 0 spiro atoms. The maximum absolute atomic E-state index is 13.7. The quantitative estimate of drug-likeness (QED) is 0.864. The number of halogens is 2. The molecule has 2 heterocycles. The minimum absolute atomic E-state index is 0. The lowest BCUT2D eigenvalue weighted by atomic mass is 10.1. The third kappa shape index (κ3) is 4.56. The fraction of sp³-hybridized carbons (Fsp3) is 0.353. The van der Waals surface area contributed by atoms with Crippen molar-refractivity contribution >= 4 is 18.3 Å². The maximum atomic E-state index is 13.7. The molecule has 0 radical (unpaired) electrons. The molecule has 7 heteroatoms. The molecule has 0 aliphatic carbocycles. The van der Waals surface area contributed by atoms with Gasteiger partial charge < -0.3 is 15.1 Å². The molecule has 2 aromatic rings. The van der Waals surface area contributed by atoms with Gasteiger partial charge in [-0.3, -0.25) is 9.69 Å². The summed E-state index contributed by atoms with van der Waals surface area (Å²) in [6, 6.07) is 9.52. The van der Waals surface area contributed by atoms with Crippen LogP contribution in [0.2, 0.25) is 0 Å². The third-order valence-corrected chi connectivity index (χ3v) is 3.89. The summed E-state index contributed by atoms with van der Waals surface area (Å²) in [5.41, 5.74) is 0.354. The van der Waals surface area contributed by atoms with Gasteiger partial charge in [0.1, 0.15) is 11.6 Å². The molecular formula is C17H21ClFN3O2. The van der Waals surface area contributed by atoms with E-state index in [1.54, 1.807) is 30.3 Å². The number of carbonyl (C=O) groups is 1. The van der Waals surface area contributed by atoms with Crippen LogP contribution in [0.4, 0.5) is 4.39 Å². The number of benzene rings is 1. The van der Waals surface area contributed by atoms with Gasteiger partial charge in [0.25, 0.3) is 5.91 Å². The first kappa shape index (κ1) is 18.4. The van der Waals surface area contributed by atoms with Crippen LogP contribution in [0.1, 0.15) is 10.6 Å². The molecule has 0 bridgehead atoms. The summed E-state index contributed by atoms with van der Waals surface area (Å²) < 4.78 is 19.2. The third-order valence-electron chi connectivity index (χ3n) is 3.89. The van der Waals surface area contributed by atoms with Crippen molar-refractivity contribution in [1.29, 1.82) is 0 Å². The summed E-state index contributed by atoms with van der Waals surface area (Å²) in [7, 11) is 0. The molecule has 0 saturated carbocycles. The highest BCUT2D eigenvalue weighted by Gasteiger charge is 2.15. The molecule has 2 N–H and O–H groups in total. The van der Waals surface area contributed by atoms with E-state index in [2.05, 4.69) is 15.5 Å². The molecule has 3 rings (SSSR count). The molecule has 1 saturated heterocycles. The highest BCUT2D eigenvalue weighted by molar-refractivity contribution is 5.92. The monoisotopic (exact) mass is 353 g/mol. The molecule has 1 aliphatic rings. The Morgan fingerprint density at radius 2 is 1.96 bits per heavy atom. The number of amides is 1. The van der Waals surface area contributed by atoms with Gasteiger partial charge in [-0.1, -0.05) is 12.1 Å². The van der Waals surface area contributed by atoms with Crippen LogP contribution < -0.4 is 10.6 Å². The van der Waals surface area contributed by atoms with E-state index in [0.717, 1.165) is 32.7 Å². The summed E-state index contributed by atoms with van der Waals surface area (Å²) in [6.07, 6.45) is 0. The molecule has 1 aromatic carbocycles. The molecular weight excluding hydrogens is 333 g/mol. The molecule has 130 valence electrons. The highest BCUT2D eigenvalue weighted by atomic mass is 35.5. The van der Waals surface area contributed by atoms with Crippen molar-refractivity contribution in [2.24, 2.45) is 0 Å². The SMILES string of the molecule is Cl.O=C(NCCN1CCNCC1)c1ccc(-c2ccccc2F)o1. The predicted molar refractivity (Wildman–Crippen MR) is 93.0 cm³/mol. The highest BCUT2D eigenvalue weighted by Crippen LogP contribution is 2.24. The number of nitrogens with zero attached hydrogens (tertiary/aromatic N) is 1. The van der Waals surface area contributed by atoms with Gasteiger partial charge in [-0.25, -0.2) is 4.39 Å². The average molecular weight is 354 g/mol. The summed E-state index contributed by atoms with van der Waals surface area (Å²) in [6.45, 7) is 5.33. The second kappa shape index (κ2) is 8.82. The second-order valence-electron chi connectivity index (χ2n) is 5.49. The van der Waals surface area contributed by atoms with Gasteiger partial charge in [0.2, 0.25) is 0 Å². The number of hydrogen-bond donors (Lipinski definition) is 2. The fourth-order valence-corrected chi connectivity index (χ4v) is 2.62. The van der Waals surface area contributed by atoms with Gasteiger partial charge in [-0.2, -0.15) is 0 Å². The molecule has 1 amide bonds. The smallest absolute Gasteiger partial charge is 0.287 e.